The van der Waals surface area contributed by atoms with Gasteiger partial charge in [0.1, 0.15) is 0 Å². The highest BCUT2D eigenvalue weighted by Crippen LogP contribution is 2.41. The summed E-state index contributed by atoms with van der Waals surface area (Å²) in [6, 6.07) is 2.46. The third kappa shape index (κ3) is 3.96. The van der Waals surface area contributed by atoms with E-state index in [9.17, 15) is 5.26 Å². The maximum Gasteiger partial charge on any atom is 0.0696 e. The Labute approximate surface area is 126 Å². The van der Waals surface area contributed by atoms with E-state index in [-0.39, 0.29) is 11.0 Å². The predicted molar refractivity (Wildman–Crippen MR) is 91.3 cm³/mol. The van der Waals surface area contributed by atoms with Crippen molar-refractivity contribution < 1.29 is 0 Å². The van der Waals surface area contributed by atoms with Crippen LogP contribution in [0.15, 0.2) is 35.5 Å². The molecule has 110 valence electrons. The molecule has 0 fully saturated rings. The monoisotopic (exact) mass is 287 g/mol. The van der Waals surface area contributed by atoms with Crippen LogP contribution in [0.4, 0.5) is 0 Å². The van der Waals surface area contributed by atoms with E-state index in [2.05, 4.69) is 65.2 Å². The fourth-order valence-corrected chi connectivity index (χ4v) is 4.73. The van der Waals surface area contributed by atoms with Crippen LogP contribution in [0.3, 0.4) is 0 Å². The highest BCUT2D eigenvalue weighted by molar-refractivity contribution is 6.78. The molecule has 20 heavy (non-hydrogen) atoms. The molecule has 1 rings (SSSR count). The molecule has 0 bridgehead atoms. The molecule has 1 atom stereocenters. The van der Waals surface area contributed by atoms with E-state index >= 15 is 0 Å². The zero-order chi connectivity index (χ0) is 15.6. The SMILES string of the molecule is C=C(/C=C/C1=C(C)CCCC1(C)C)C(C#N)[Si](C)(C)C. The zero-order valence-corrected chi connectivity index (χ0v) is 15.0. The summed E-state index contributed by atoms with van der Waals surface area (Å²) >= 11 is 0. The highest BCUT2D eigenvalue weighted by Gasteiger charge is 2.29. The third-order valence-corrected chi connectivity index (χ3v) is 6.60. The number of allylic oxidation sites excluding steroid dienone is 5. The molecule has 0 aliphatic heterocycles. The summed E-state index contributed by atoms with van der Waals surface area (Å²) in [6.45, 7) is 17.7. The molecule has 1 nitrogen and oxygen atoms in total. The molecule has 0 spiro atoms. The van der Waals surface area contributed by atoms with Gasteiger partial charge < -0.3 is 0 Å². The topological polar surface area (TPSA) is 23.8 Å². The van der Waals surface area contributed by atoms with Gasteiger partial charge in [0.2, 0.25) is 0 Å². The van der Waals surface area contributed by atoms with Gasteiger partial charge in [-0.05, 0) is 42.7 Å². The molecule has 1 aliphatic rings. The van der Waals surface area contributed by atoms with Crippen molar-refractivity contribution in [3.63, 3.8) is 0 Å². The lowest BCUT2D eigenvalue weighted by Crippen LogP contribution is -2.27. The lowest BCUT2D eigenvalue weighted by atomic mass is 9.72. The van der Waals surface area contributed by atoms with E-state index in [1.807, 2.05) is 0 Å². The van der Waals surface area contributed by atoms with Crippen molar-refractivity contribution in [1.29, 1.82) is 5.26 Å². The number of nitriles is 1. The predicted octanol–water partition coefficient (Wildman–Crippen LogP) is 5.86. The van der Waals surface area contributed by atoms with E-state index in [1.165, 1.54) is 30.4 Å². The van der Waals surface area contributed by atoms with Gasteiger partial charge in [-0.3, -0.25) is 0 Å². The average molecular weight is 288 g/mol. The van der Waals surface area contributed by atoms with Gasteiger partial charge in [0, 0.05) is 0 Å². The van der Waals surface area contributed by atoms with Gasteiger partial charge in [-0.2, -0.15) is 5.26 Å². The van der Waals surface area contributed by atoms with Gasteiger partial charge >= 0.3 is 0 Å². The molecular weight excluding hydrogens is 258 g/mol. The molecule has 2 heteroatoms. The Morgan fingerprint density at radius 1 is 1.40 bits per heavy atom. The maximum atomic E-state index is 9.40. The van der Waals surface area contributed by atoms with Crippen molar-refractivity contribution in [2.24, 2.45) is 5.41 Å². The first-order valence-electron chi connectivity index (χ1n) is 7.56. The molecule has 1 unspecified atom stereocenters. The molecule has 0 radical (unpaired) electrons. The second kappa shape index (κ2) is 6.14. The zero-order valence-electron chi connectivity index (χ0n) is 14.0. The van der Waals surface area contributed by atoms with Crippen LogP contribution in [-0.2, 0) is 0 Å². The first kappa shape index (κ1) is 17.0. The van der Waals surface area contributed by atoms with Gasteiger partial charge in [-0.15, -0.1) is 0 Å². The summed E-state index contributed by atoms with van der Waals surface area (Å²) in [7, 11) is -1.52. The van der Waals surface area contributed by atoms with Crippen LogP contribution in [0.1, 0.15) is 40.0 Å². The third-order valence-electron chi connectivity index (χ3n) is 4.37. The Kier molecular flexibility index (Phi) is 5.21. The summed E-state index contributed by atoms with van der Waals surface area (Å²) in [4.78, 5) is 0. The van der Waals surface area contributed by atoms with Gasteiger partial charge in [0.05, 0.1) is 19.7 Å². The fraction of sp³-hybridized carbons (Fsp3) is 0.611. The van der Waals surface area contributed by atoms with Crippen LogP contribution in [-0.4, -0.2) is 8.07 Å². The Bertz CT molecular complexity index is 481. The Hall–Kier alpha value is -1.07. The second-order valence-electron chi connectivity index (χ2n) is 7.77. The van der Waals surface area contributed by atoms with Crippen molar-refractivity contribution in [2.75, 3.05) is 0 Å². The maximum absolute atomic E-state index is 9.40. The van der Waals surface area contributed by atoms with Gasteiger partial charge in [-0.1, -0.05) is 57.8 Å². The summed E-state index contributed by atoms with van der Waals surface area (Å²) in [6.07, 6.45) is 8.05. The summed E-state index contributed by atoms with van der Waals surface area (Å²) in [5, 5.41) is 9.40. The second-order valence-corrected chi connectivity index (χ2v) is 13.1. The van der Waals surface area contributed by atoms with Crippen LogP contribution in [0.5, 0.6) is 0 Å². The van der Waals surface area contributed by atoms with Crippen molar-refractivity contribution in [3.05, 3.63) is 35.5 Å². The Balaban J connectivity index is 2.98. The van der Waals surface area contributed by atoms with E-state index in [0.717, 1.165) is 5.57 Å². The normalized spacial score (nSPS) is 20.9. The average Bonchev–Trinajstić information content (AvgIpc) is 2.26. The van der Waals surface area contributed by atoms with Crippen molar-refractivity contribution in [1.82, 2.24) is 0 Å². The van der Waals surface area contributed by atoms with Crippen LogP contribution in [0, 0.1) is 16.7 Å². The van der Waals surface area contributed by atoms with Crippen LogP contribution < -0.4 is 0 Å². The number of rotatable bonds is 4. The molecule has 0 aromatic rings. The molecule has 0 aromatic heterocycles. The van der Waals surface area contributed by atoms with E-state index in [4.69, 9.17) is 0 Å². The molecule has 0 heterocycles. The Morgan fingerprint density at radius 3 is 2.45 bits per heavy atom. The van der Waals surface area contributed by atoms with Gasteiger partial charge in [0.25, 0.3) is 0 Å². The molecule has 0 saturated carbocycles. The van der Waals surface area contributed by atoms with Gasteiger partial charge in [-0.25, -0.2) is 0 Å². The molecule has 0 N–H and O–H groups in total. The van der Waals surface area contributed by atoms with E-state index in [0.29, 0.717) is 0 Å². The van der Waals surface area contributed by atoms with Crippen LogP contribution in [0.25, 0.3) is 0 Å². The number of nitrogens with zero attached hydrogens (tertiary/aromatic N) is 1. The first-order valence-corrected chi connectivity index (χ1v) is 11.1. The van der Waals surface area contributed by atoms with Gasteiger partial charge in [0.15, 0.2) is 0 Å². The lowest BCUT2D eigenvalue weighted by molar-refractivity contribution is 0.377. The van der Waals surface area contributed by atoms with Crippen molar-refractivity contribution >= 4 is 8.07 Å². The Morgan fingerprint density at radius 2 is 2.00 bits per heavy atom. The lowest BCUT2D eigenvalue weighted by Gasteiger charge is -2.33. The van der Waals surface area contributed by atoms with E-state index < -0.39 is 8.07 Å². The molecule has 1 aliphatic carbocycles. The molecule has 0 saturated heterocycles. The summed E-state index contributed by atoms with van der Waals surface area (Å²) < 4.78 is 0. The minimum absolute atomic E-state index is 0.00589. The van der Waals surface area contributed by atoms with Crippen molar-refractivity contribution in [2.45, 2.75) is 65.2 Å². The fourth-order valence-electron chi connectivity index (χ4n) is 3.13. The molecule has 0 aromatic carbocycles. The number of hydrogen-bond acceptors (Lipinski definition) is 1. The molecule has 0 amide bonds. The number of hydrogen-bond donors (Lipinski definition) is 0. The summed E-state index contributed by atoms with van der Waals surface area (Å²) in [5.74, 6) is 0. The molecular formula is C18H29NSi. The van der Waals surface area contributed by atoms with Crippen molar-refractivity contribution in [3.8, 4) is 6.07 Å². The largest absolute Gasteiger partial charge is 0.198 e. The minimum Gasteiger partial charge on any atom is -0.198 e. The van der Waals surface area contributed by atoms with E-state index in [1.54, 1.807) is 0 Å². The standard InChI is InChI=1S/C18H29NSi/c1-14-9-8-12-18(3,4)16(14)11-10-15(2)17(13-19)20(5,6)7/h10-11,17H,2,8-9,12H2,1,3-7H3/b11-10+. The first-order chi connectivity index (χ1) is 9.09. The summed E-state index contributed by atoms with van der Waals surface area (Å²) in [5.41, 5.74) is 4.17. The van der Waals surface area contributed by atoms with Crippen LogP contribution in [0.2, 0.25) is 25.2 Å². The van der Waals surface area contributed by atoms with Crippen LogP contribution >= 0.6 is 0 Å². The minimum atomic E-state index is -1.52. The smallest absolute Gasteiger partial charge is 0.0696 e. The quantitative estimate of drug-likeness (QED) is 0.469. The highest BCUT2D eigenvalue weighted by atomic mass is 28.3.